The lowest BCUT2D eigenvalue weighted by atomic mass is 9.96. The van der Waals surface area contributed by atoms with Crippen LogP contribution < -0.4 is 14.9 Å². The second kappa shape index (κ2) is 11.2. The number of hydrogen-bond acceptors (Lipinski definition) is 5. The maximum atomic E-state index is 14.1. The SMILES string of the molecule is CCOC(=O)C1=C(C)N=c2s/c(=C\c3c(C)n(Cc4ccc(Cl)cc4)c4ccccc34)c(=O)n2[C@@H]1c1ccc(F)cc1. The van der Waals surface area contributed by atoms with Crippen LogP contribution in [0.4, 0.5) is 4.39 Å². The molecule has 0 N–H and O–H groups in total. The van der Waals surface area contributed by atoms with Crippen molar-refractivity contribution in [3.63, 3.8) is 0 Å². The fraction of sp³-hybridized carbons (Fsp3) is 0.182. The Hall–Kier alpha value is -4.27. The van der Waals surface area contributed by atoms with Crippen molar-refractivity contribution in [2.24, 2.45) is 4.99 Å². The third kappa shape index (κ3) is 4.91. The van der Waals surface area contributed by atoms with E-state index in [2.05, 4.69) is 15.6 Å². The highest BCUT2D eigenvalue weighted by Gasteiger charge is 2.33. The summed E-state index contributed by atoms with van der Waals surface area (Å²) in [6.45, 7) is 6.32. The number of esters is 1. The molecule has 6 nitrogen and oxygen atoms in total. The number of thiazole rings is 1. The van der Waals surface area contributed by atoms with Gasteiger partial charge in [-0.15, -0.1) is 0 Å². The Morgan fingerprint density at radius 2 is 1.79 bits per heavy atom. The number of hydrogen-bond donors (Lipinski definition) is 0. The molecule has 42 heavy (non-hydrogen) atoms. The standard InChI is InChI=1S/C33H27ClFN3O3S/c1-4-41-32(40)29-19(2)36-33-38(30(29)22-11-15-24(35)16-12-22)31(39)28(42-33)17-26-20(3)37(27-8-6-5-7-25(26)27)18-21-9-13-23(34)14-10-21/h5-17,30H,4,18H2,1-3H3/b28-17-/t30-/m1/s1. The molecule has 9 heteroatoms. The van der Waals surface area contributed by atoms with Crippen LogP contribution in [0.3, 0.4) is 0 Å². The Morgan fingerprint density at radius 1 is 1.07 bits per heavy atom. The van der Waals surface area contributed by atoms with Crippen LogP contribution in [-0.2, 0) is 16.1 Å². The number of halogens is 2. The normalized spacial score (nSPS) is 15.2. The number of nitrogens with zero attached hydrogens (tertiary/aromatic N) is 3. The number of fused-ring (bicyclic) bond motifs is 2. The van der Waals surface area contributed by atoms with Gasteiger partial charge in [0.2, 0.25) is 0 Å². The van der Waals surface area contributed by atoms with E-state index in [-0.39, 0.29) is 17.7 Å². The van der Waals surface area contributed by atoms with Gasteiger partial charge in [-0.05, 0) is 68.3 Å². The highest BCUT2D eigenvalue weighted by atomic mass is 35.5. The van der Waals surface area contributed by atoms with Crippen LogP contribution in [0, 0.1) is 12.7 Å². The summed E-state index contributed by atoms with van der Waals surface area (Å²) in [7, 11) is 0. The number of benzene rings is 3. The molecule has 1 atom stereocenters. The highest BCUT2D eigenvalue weighted by molar-refractivity contribution is 7.07. The summed E-state index contributed by atoms with van der Waals surface area (Å²) < 4.78 is 23.4. The van der Waals surface area contributed by atoms with Crippen molar-refractivity contribution in [1.29, 1.82) is 0 Å². The predicted molar refractivity (Wildman–Crippen MR) is 164 cm³/mol. The van der Waals surface area contributed by atoms with Gasteiger partial charge < -0.3 is 9.30 Å². The molecule has 1 aliphatic heterocycles. The average Bonchev–Trinajstić information content (AvgIpc) is 3.42. The fourth-order valence-corrected chi connectivity index (χ4v) is 6.65. The maximum Gasteiger partial charge on any atom is 0.338 e. The van der Waals surface area contributed by atoms with E-state index >= 15 is 0 Å². The molecule has 0 amide bonds. The van der Waals surface area contributed by atoms with Gasteiger partial charge in [0.15, 0.2) is 4.80 Å². The van der Waals surface area contributed by atoms with Crippen LogP contribution in [-0.4, -0.2) is 21.7 Å². The molecule has 212 valence electrons. The molecule has 0 fully saturated rings. The quantitative estimate of drug-likeness (QED) is 0.228. The molecule has 2 aromatic heterocycles. The highest BCUT2D eigenvalue weighted by Crippen LogP contribution is 2.31. The summed E-state index contributed by atoms with van der Waals surface area (Å²) in [5.74, 6) is -0.960. The van der Waals surface area contributed by atoms with Crippen molar-refractivity contribution in [1.82, 2.24) is 9.13 Å². The first-order chi connectivity index (χ1) is 20.3. The first-order valence-corrected chi connectivity index (χ1v) is 14.7. The molecule has 0 saturated carbocycles. The zero-order chi connectivity index (χ0) is 29.5. The van der Waals surface area contributed by atoms with Gasteiger partial charge in [0, 0.05) is 33.7 Å². The fourth-order valence-electron chi connectivity index (χ4n) is 5.50. The largest absolute Gasteiger partial charge is 0.463 e. The van der Waals surface area contributed by atoms with E-state index in [1.165, 1.54) is 28.0 Å². The lowest BCUT2D eigenvalue weighted by Crippen LogP contribution is -2.39. The van der Waals surface area contributed by atoms with Crippen molar-refractivity contribution in [3.05, 3.63) is 137 Å². The number of allylic oxidation sites excluding steroid dienone is 1. The van der Waals surface area contributed by atoms with Crippen LogP contribution in [0.5, 0.6) is 0 Å². The number of carbonyl (C=O) groups is 1. The van der Waals surface area contributed by atoms with Crippen LogP contribution >= 0.6 is 22.9 Å². The molecule has 3 heterocycles. The van der Waals surface area contributed by atoms with Gasteiger partial charge in [0.05, 0.1) is 28.5 Å². The Bertz CT molecular complexity index is 2050. The Labute approximate surface area is 250 Å². The van der Waals surface area contributed by atoms with Crippen LogP contribution in [0.25, 0.3) is 17.0 Å². The van der Waals surface area contributed by atoms with Crippen molar-refractivity contribution in [2.75, 3.05) is 6.61 Å². The third-order valence-corrected chi connectivity index (χ3v) is 8.75. The Balaban J connectivity index is 1.54. The summed E-state index contributed by atoms with van der Waals surface area (Å²) in [5, 5.41) is 1.71. The molecule has 0 unspecified atom stereocenters. The lowest BCUT2D eigenvalue weighted by molar-refractivity contribution is -0.139. The van der Waals surface area contributed by atoms with Gasteiger partial charge in [-0.25, -0.2) is 14.2 Å². The molecule has 0 radical (unpaired) electrons. The summed E-state index contributed by atoms with van der Waals surface area (Å²) in [5.41, 5.74) is 5.14. The predicted octanol–water partition coefficient (Wildman–Crippen LogP) is 5.90. The van der Waals surface area contributed by atoms with Crippen molar-refractivity contribution >= 4 is 45.9 Å². The smallest absolute Gasteiger partial charge is 0.338 e. The van der Waals surface area contributed by atoms with E-state index in [0.717, 1.165) is 27.7 Å². The third-order valence-electron chi connectivity index (χ3n) is 7.51. The zero-order valence-corrected chi connectivity index (χ0v) is 24.8. The van der Waals surface area contributed by atoms with E-state index in [0.29, 0.717) is 32.2 Å². The lowest BCUT2D eigenvalue weighted by Gasteiger charge is -2.24. The number of para-hydroxylation sites is 1. The van der Waals surface area contributed by atoms with Crippen LogP contribution in [0.1, 0.15) is 42.3 Å². The molecule has 0 bridgehead atoms. The Kier molecular flexibility index (Phi) is 7.43. The minimum absolute atomic E-state index is 0.176. The monoisotopic (exact) mass is 599 g/mol. The van der Waals surface area contributed by atoms with Gasteiger partial charge in [0.25, 0.3) is 5.56 Å². The molecule has 0 aliphatic carbocycles. The molecule has 0 spiro atoms. The van der Waals surface area contributed by atoms with E-state index in [1.807, 2.05) is 55.5 Å². The minimum atomic E-state index is -0.796. The van der Waals surface area contributed by atoms with Gasteiger partial charge >= 0.3 is 5.97 Å². The topological polar surface area (TPSA) is 65.6 Å². The molecule has 0 saturated heterocycles. The van der Waals surface area contributed by atoms with Gasteiger partial charge in [-0.1, -0.05) is 65.4 Å². The van der Waals surface area contributed by atoms with Crippen molar-refractivity contribution in [2.45, 2.75) is 33.4 Å². The van der Waals surface area contributed by atoms with Crippen LogP contribution in [0.15, 0.2) is 93.9 Å². The van der Waals surface area contributed by atoms with Gasteiger partial charge in [-0.3, -0.25) is 9.36 Å². The van der Waals surface area contributed by atoms with Crippen LogP contribution in [0.2, 0.25) is 5.02 Å². The van der Waals surface area contributed by atoms with E-state index in [4.69, 9.17) is 16.3 Å². The number of rotatable bonds is 6. The summed E-state index contributed by atoms with van der Waals surface area (Å²) in [6, 6.07) is 20.9. The van der Waals surface area contributed by atoms with E-state index in [1.54, 1.807) is 26.0 Å². The molecule has 1 aliphatic rings. The summed E-state index contributed by atoms with van der Waals surface area (Å²) in [4.78, 5) is 32.3. The second-order valence-corrected chi connectivity index (χ2v) is 11.5. The van der Waals surface area contributed by atoms with Crippen molar-refractivity contribution in [3.8, 4) is 0 Å². The van der Waals surface area contributed by atoms with E-state index in [9.17, 15) is 14.0 Å². The molecule has 6 rings (SSSR count). The Morgan fingerprint density at radius 3 is 2.50 bits per heavy atom. The second-order valence-electron chi connectivity index (χ2n) is 10.1. The van der Waals surface area contributed by atoms with Gasteiger partial charge in [-0.2, -0.15) is 0 Å². The summed E-state index contributed by atoms with van der Waals surface area (Å²) >= 11 is 7.37. The minimum Gasteiger partial charge on any atom is -0.463 e. The number of aromatic nitrogens is 2. The number of carbonyl (C=O) groups excluding carboxylic acids is 1. The first kappa shape index (κ1) is 27.9. The maximum absolute atomic E-state index is 14.1. The summed E-state index contributed by atoms with van der Waals surface area (Å²) in [6.07, 6.45) is 1.91. The zero-order valence-electron chi connectivity index (χ0n) is 23.2. The number of ether oxygens (including phenoxy) is 1. The first-order valence-electron chi connectivity index (χ1n) is 13.5. The molecule has 3 aromatic carbocycles. The van der Waals surface area contributed by atoms with E-state index < -0.39 is 17.8 Å². The average molecular weight is 600 g/mol. The molecular weight excluding hydrogens is 573 g/mol. The molecular formula is C33H27ClFN3O3S. The van der Waals surface area contributed by atoms with Crippen molar-refractivity contribution < 1.29 is 13.9 Å². The molecule has 5 aromatic rings. The van der Waals surface area contributed by atoms with Gasteiger partial charge in [0.1, 0.15) is 5.82 Å².